The van der Waals surface area contributed by atoms with Gasteiger partial charge < -0.3 is 10.8 Å². The molecule has 0 heterocycles. The molecule has 0 fully saturated rings. The number of nitrogen functional groups attached to an aromatic ring is 1. The molecule has 1 aromatic rings. The first-order valence-corrected chi connectivity index (χ1v) is 5.91. The van der Waals surface area contributed by atoms with Gasteiger partial charge in [-0.2, -0.15) is 0 Å². The molecule has 6 heteroatoms. The van der Waals surface area contributed by atoms with Crippen molar-refractivity contribution in [3.63, 3.8) is 0 Å². The molecule has 0 saturated carbocycles. The quantitative estimate of drug-likeness (QED) is 0.724. The highest BCUT2D eigenvalue weighted by Gasteiger charge is 2.20. The molecule has 0 radical (unpaired) electrons. The second-order valence-corrected chi connectivity index (χ2v) is 5.04. The molecule has 0 spiro atoms. The van der Waals surface area contributed by atoms with Crippen molar-refractivity contribution in [2.45, 2.75) is 6.92 Å². The van der Waals surface area contributed by atoms with E-state index in [1.54, 1.807) is 6.92 Å². The summed E-state index contributed by atoms with van der Waals surface area (Å²) in [5, 5.41) is 8.96. The summed E-state index contributed by atoms with van der Waals surface area (Å²) in [5.74, 6) is -1.02. The van der Waals surface area contributed by atoms with Gasteiger partial charge >= 0.3 is 5.97 Å². The number of anilines is 1. The monoisotopic (exact) mass is 385 g/mol. The van der Waals surface area contributed by atoms with Gasteiger partial charge in [-0.25, -0.2) is 4.79 Å². The molecule has 0 aliphatic carbocycles. The zero-order valence-electron chi connectivity index (χ0n) is 7.07. The minimum atomic E-state index is -1.02. The summed E-state index contributed by atoms with van der Waals surface area (Å²) in [6, 6.07) is 0. The Morgan fingerprint density at radius 2 is 1.71 bits per heavy atom. The third kappa shape index (κ3) is 1.83. The van der Waals surface area contributed by atoms with Gasteiger partial charge in [-0.3, -0.25) is 0 Å². The number of aromatic carboxylic acids is 1. The van der Waals surface area contributed by atoms with Crippen LogP contribution in [0, 0.1) is 6.92 Å². The van der Waals surface area contributed by atoms with Crippen LogP contribution in [-0.2, 0) is 0 Å². The van der Waals surface area contributed by atoms with Gasteiger partial charge in [0.2, 0.25) is 0 Å². The van der Waals surface area contributed by atoms with Gasteiger partial charge in [0.1, 0.15) is 0 Å². The molecule has 0 aliphatic heterocycles. The fraction of sp³-hybridized carbons (Fsp3) is 0.125. The summed E-state index contributed by atoms with van der Waals surface area (Å²) in [5.41, 5.74) is 7.01. The fourth-order valence-electron chi connectivity index (χ4n) is 1.00. The van der Waals surface area contributed by atoms with Crippen molar-refractivity contribution >= 4 is 59.4 Å². The fourth-order valence-corrected chi connectivity index (χ4v) is 3.33. The van der Waals surface area contributed by atoms with Crippen LogP contribution in [-0.4, -0.2) is 11.1 Å². The Hall–Kier alpha value is -0.0700. The third-order valence-corrected chi connectivity index (χ3v) is 4.62. The van der Waals surface area contributed by atoms with Crippen molar-refractivity contribution in [1.82, 2.24) is 0 Å². The number of carboxylic acids is 1. The SMILES string of the molecule is Cc1c(Br)c(N)c(Br)c(C(=O)O)c1Br. The van der Waals surface area contributed by atoms with Crippen molar-refractivity contribution in [1.29, 1.82) is 0 Å². The predicted octanol–water partition coefficient (Wildman–Crippen LogP) is 3.56. The molecule has 3 N–H and O–H groups in total. The molecule has 3 nitrogen and oxygen atoms in total. The number of nitrogens with two attached hydrogens (primary N) is 1. The van der Waals surface area contributed by atoms with Gasteiger partial charge in [0.25, 0.3) is 0 Å². The molecule has 14 heavy (non-hydrogen) atoms. The van der Waals surface area contributed by atoms with Gasteiger partial charge in [-0.15, -0.1) is 0 Å². The zero-order valence-corrected chi connectivity index (χ0v) is 11.8. The largest absolute Gasteiger partial charge is 0.478 e. The Labute approximate surface area is 106 Å². The maximum atomic E-state index is 10.9. The van der Waals surface area contributed by atoms with Crippen molar-refractivity contribution in [3.05, 3.63) is 24.5 Å². The summed E-state index contributed by atoms with van der Waals surface area (Å²) >= 11 is 9.66. The maximum absolute atomic E-state index is 10.9. The van der Waals surface area contributed by atoms with Crippen LogP contribution in [0.3, 0.4) is 0 Å². The van der Waals surface area contributed by atoms with Crippen LogP contribution >= 0.6 is 47.8 Å². The molecule has 0 unspecified atom stereocenters. The number of carboxylic acid groups (broad SMARTS) is 1. The molecular formula is C8H6Br3NO2. The van der Waals surface area contributed by atoms with E-state index in [9.17, 15) is 4.79 Å². The normalized spacial score (nSPS) is 10.3. The molecule has 0 saturated heterocycles. The highest BCUT2D eigenvalue weighted by Crippen LogP contribution is 2.39. The summed E-state index contributed by atoms with van der Waals surface area (Å²) < 4.78 is 1.61. The van der Waals surface area contributed by atoms with E-state index < -0.39 is 5.97 Å². The van der Waals surface area contributed by atoms with E-state index in [0.717, 1.165) is 5.56 Å². The number of halogens is 3. The summed E-state index contributed by atoms with van der Waals surface area (Å²) in [4.78, 5) is 10.9. The van der Waals surface area contributed by atoms with Gasteiger partial charge in [0, 0.05) is 8.95 Å². The van der Waals surface area contributed by atoms with Crippen molar-refractivity contribution in [2.75, 3.05) is 5.73 Å². The average Bonchev–Trinajstić information content (AvgIpc) is 2.11. The Morgan fingerprint density at radius 3 is 2.14 bits per heavy atom. The molecule has 0 bridgehead atoms. The molecule has 0 aromatic heterocycles. The van der Waals surface area contributed by atoms with Crippen molar-refractivity contribution in [3.8, 4) is 0 Å². The standard InChI is InChI=1S/C8H6Br3NO2/c1-2-4(9)3(8(13)14)6(11)7(12)5(2)10/h12H2,1H3,(H,13,14). The van der Waals surface area contributed by atoms with Crippen LogP contribution in [0.5, 0.6) is 0 Å². The Balaban J connectivity index is 3.68. The molecule has 1 aromatic carbocycles. The smallest absolute Gasteiger partial charge is 0.338 e. The zero-order chi connectivity index (χ0) is 11.0. The molecule has 0 atom stereocenters. The Kier molecular flexibility index (Phi) is 3.60. The van der Waals surface area contributed by atoms with Crippen LogP contribution < -0.4 is 5.73 Å². The van der Waals surface area contributed by atoms with E-state index in [1.807, 2.05) is 0 Å². The van der Waals surface area contributed by atoms with E-state index in [4.69, 9.17) is 10.8 Å². The lowest BCUT2D eigenvalue weighted by Crippen LogP contribution is -2.04. The third-order valence-electron chi connectivity index (χ3n) is 1.78. The van der Waals surface area contributed by atoms with E-state index in [2.05, 4.69) is 47.8 Å². The van der Waals surface area contributed by atoms with Gasteiger partial charge in [0.15, 0.2) is 0 Å². The molecule has 0 amide bonds. The highest BCUT2D eigenvalue weighted by atomic mass is 79.9. The Bertz CT molecular complexity index is 389. The maximum Gasteiger partial charge on any atom is 0.338 e. The predicted molar refractivity (Wildman–Crippen MR) is 65.7 cm³/mol. The van der Waals surface area contributed by atoms with E-state index in [-0.39, 0.29) is 5.56 Å². The summed E-state index contributed by atoms with van der Waals surface area (Å²) in [6.45, 7) is 1.78. The first-order chi connectivity index (χ1) is 6.37. The molecule has 0 aliphatic rings. The topological polar surface area (TPSA) is 63.3 Å². The molecule has 76 valence electrons. The van der Waals surface area contributed by atoms with Crippen LogP contribution in [0.1, 0.15) is 15.9 Å². The van der Waals surface area contributed by atoms with Crippen molar-refractivity contribution < 1.29 is 9.90 Å². The summed E-state index contributed by atoms with van der Waals surface area (Å²) in [6.07, 6.45) is 0. The van der Waals surface area contributed by atoms with Crippen LogP contribution in [0.2, 0.25) is 0 Å². The van der Waals surface area contributed by atoms with Crippen LogP contribution in [0.25, 0.3) is 0 Å². The van der Waals surface area contributed by atoms with Gasteiger partial charge in [-0.1, -0.05) is 0 Å². The minimum Gasteiger partial charge on any atom is -0.478 e. The van der Waals surface area contributed by atoms with Gasteiger partial charge in [-0.05, 0) is 60.3 Å². The lowest BCUT2D eigenvalue weighted by atomic mass is 10.1. The number of carbonyl (C=O) groups is 1. The van der Waals surface area contributed by atoms with E-state index >= 15 is 0 Å². The average molecular weight is 388 g/mol. The number of hydrogen-bond donors (Lipinski definition) is 2. The van der Waals surface area contributed by atoms with Crippen LogP contribution in [0.4, 0.5) is 5.69 Å². The minimum absolute atomic E-state index is 0.142. The Morgan fingerprint density at radius 1 is 1.21 bits per heavy atom. The summed E-state index contributed by atoms with van der Waals surface area (Å²) in [7, 11) is 0. The lowest BCUT2D eigenvalue weighted by Gasteiger charge is -2.11. The molecule has 1 rings (SSSR count). The van der Waals surface area contributed by atoms with E-state index in [0.29, 0.717) is 19.1 Å². The van der Waals surface area contributed by atoms with Crippen LogP contribution in [0.15, 0.2) is 13.4 Å². The number of benzene rings is 1. The lowest BCUT2D eigenvalue weighted by molar-refractivity contribution is 0.0695. The van der Waals surface area contributed by atoms with Gasteiger partial charge in [0.05, 0.1) is 15.7 Å². The van der Waals surface area contributed by atoms with Crippen molar-refractivity contribution in [2.24, 2.45) is 0 Å². The second kappa shape index (κ2) is 4.20. The molecular weight excluding hydrogens is 382 g/mol. The second-order valence-electron chi connectivity index (χ2n) is 2.66. The first kappa shape index (κ1) is 12.0. The highest BCUT2D eigenvalue weighted by molar-refractivity contribution is 9.11. The van der Waals surface area contributed by atoms with E-state index in [1.165, 1.54) is 0 Å². The number of rotatable bonds is 1. The first-order valence-electron chi connectivity index (χ1n) is 3.53. The number of hydrogen-bond acceptors (Lipinski definition) is 2.